The van der Waals surface area contributed by atoms with Crippen molar-refractivity contribution in [3.8, 4) is 17.1 Å². The number of aryl methyl sites for hydroxylation is 1. The van der Waals surface area contributed by atoms with Gasteiger partial charge in [-0.05, 0) is 62.4 Å². The second-order valence-corrected chi connectivity index (χ2v) is 8.55. The minimum Gasteiger partial charge on any atom is -0.478 e. The molecule has 0 bridgehead atoms. The summed E-state index contributed by atoms with van der Waals surface area (Å²) in [6.45, 7) is 5.92. The molecule has 5 nitrogen and oxygen atoms in total. The van der Waals surface area contributed by atoms with Crippen molar-refractivity contribution in [2.75, 3.05) is 0 Å². The van der Waals surface area contributed by atoms with Gasteiger partial charge in [0.15, 0.2) is 5.82 Å². The number of aliphatic carboxylic acids is 1. The van der Waals surface area contributed by atoms with E-state index in [1.165, 1.54) is 50.5 Å². The third-order valence-electron chi connectivity index (χ3n) is 5.69. The molecular weight excluding hydrogens is 388 g/mol. The van der Waals surface area contributed by atoms with Gasteiger partial charge in [0.25, 0.3) is 0 Å². The quantitative estimate of drug-likeness (QED) is 0.315. The number of nitrogens with zero attached hydrogens (tertiary/aromatic N) is 2. The van der Waals surface area contributed by atoms with Gasteiger partial charge in [0, 0.05) is 18.0 Å². The highest BCUT2D eigenvalue weighted by Gasteiger charge is 2.34. The molecule has 5 heteroatoms. The van der Waals surface area contributed by atoms with E-state index >= 15 is 0 Å². The SMILES string of the molecule is CCCCCCCCCc1cnc(-c2ccc(OC(C)(CCCC)C(=O)O)cc2)nc1. The van der Waals surface area contributed by atoms with Crippen LogP contribution in [0.15, 0.2) is 36.7 Å². The molecule has 0 radical (unpaired) electrons. The Balaban J connectivity index is 1.87. The molecule has 0 aliphatic rings. The lowest BCUT2D eigenvalue weighted by Crippen LogP contribution is -2.41. The highest BCUT2D eigenvalue weighted by molar-refractivity contribution is 5.77. The van der Waals surface area contributed by atoms with Gasteiger partial charge in [-0.2, -0.15) is 0 Å². The van der Waals surface area contributed by atoms with Crippen LogP contribution in [0, 0.1) is 0 Å². The van der Waals surface area contributed by atoms with Crippen molar-refractivity contribution in [2.24, 2.45) is 0 Å². The van der Waals surface area contributed by atoms with Gasteiger partial charge in [-0.3, -0.25) is 0 Å². The Hall–Kier alpha value is -2.43. The molecule has 31 heavy (non-hydrogen) atoms. The molecule has 170 valence electrons. The van der Waals surface area contributed by atoms with Gasteiger partial charge in [-0.15, -0.1) is 0 Å². The van der Waals surface area contributed by atoms with Crippen LogP contribution in [-0.2, 0) is 11.2 Å². The van der Waals surface area contributed by atoms with E-state index in [9.17, 15) is 9.90 Å². The fourth-order valence-electron chi connectivity index (χ4n) is 3.57. The summed E-state index contributed by atoms with van der Waals surface area (Å²) >= 11 is 0. The zero-order valence-corrected chi connectivity index (χ0v) is 19.4. The number of aromatic nitrogens is 2. The predicted molar refractivity (Wildman–Crippen MR) is 125 cm³/mol. The van der Waals surface area contributed by atoms with Crippen LogP contribution in [0.1, 0.15) is 90.5 Å². The molecule has 0 amide bonds. The Morgan fingerprint density at radius 2 is 1.48 bits per heavy atom. The second-order valence-electron chi connectivity index (χ2n) is 8.55. The van der Waals surface area contributed by atoms with Crippen LogP contribution in [0.2, 0.25) is 0 Å². The van der Waals surface area contributed by atoms with Crippen LogP contribution in [-0.4, -0.2) is 26.6 Å². The lowest BCUT2D eigenvalue weighted by Gasteiger charge is -2.26. The number of hydrogen-bond acceptors (Lipinski definition) is 4. The fourth-order valence-corrected chi connectivity index (χ4v) is 3.57. The van der Waals surface area contributed by atoms with Gasteiger partial charge in [0.1, 0.15) is 5.75 Å². The summed E-state index contributed by atoms with van der Waals surface area (Å²) in [5.41, 5.74) is 0.844. The van der Waals surface area contributed by atoms with Crippen LogP contribution >= 0.6 is 0 Å². The Morgan fingerprint density at radius 1 is 0.903 bits per heavy atom. The highest BCUT2D eigenvalue weighted by atomic mass is 16.5. The number of carboxylic acids is 1. The maximum atomic E-state index is 11.7. The van der Waals surface area contributed by atoms with E-state index in [1.807, 2.05) is 31.5 Å². The molecule has 1 N–H and O–H groups in total. The third-order valence-corrected chi connectivity index (χ3v) is 5.69. The first-order valence-corrected chi connectivity index (χ1v) is 11.8. The van der Waals surface area contributed by atoms with Crippen molar-refractivity contribution >= 4 is 5.97 Å². The van der Waals surface area contributed by atoms with Crippen molar-refractivity contribution in [3.05, 3.63) is 42.2 Å². The van der Waals surface area contributed by atoms with Crippen LogP contribution in [0.4, 0.5) is 0 Å². The lowest BCUT2D eigenvalue weighted by atomic mass is 9.99. The van der Waals surface area contributed by atoms with Crippen LogP contribution in [0.25, 0.3) is 11.4 Å². The molecule has 0 spiro atoms. The van der Waals surface area contributed by atoms with Gasteiger partial charge in [-0.1, -0.05) is 58.8 Å². The van der Waals surface area contributed by atoms with Gasteiger partial charge >= 0.3 is 5.97 Å². The summed E-state index contributed by atoms with van der Waals surface area (Å²) in [5, 5.41) is 9.56. The molecule has 0 aliphatic carbocycles. The maximum absolute atomic E-state index is 11.7. The lowest BCUT2D eigenvalue weighted by molar-refractivity contribution is -0.154. The number of carbonyl (C=O) groups is 1. The van der Waals surface area contributed by atoms with E-state index in [2.05, 4.69) is 16.9 Å². The van der Waals surface area contributed by atoms with E-state index in [0.717, 1.165) is 24.8 Å². The first-order valence-electron chi connectivity index (χ1n) is 11.8. The van der Waals surface area contributed by atoms with E-state index in [-0.39, 0.29) is 0 Å². The second kappa shape index (κ2) is 13.1. The molecule has 0 saturated heterocycles. The fraction of sp³-hybridized carbons (Fsp3) is 0.577. The maximum Gasteiger partial charge on any atom is 0.347 e. The number of rotatable bonds is 15. The van der Waals surface area contributed by atoms with Crippen molar-refractivity contribution in [1.82, 2.24) is 9.97 Å². The van der Waals surface area contributed by atoms with Gasteiger partial charge in [0.05, 0.1) is 0 Å². The minimum atomic E-state index is -1.22. The Kier molecular flexibility index (Phi) is 10.5. The number of hydrogen-bond donors (Lipinski definition) is 1. The van der Waals surface area contributed by atoms with Crippen molar-refractivity contribution < 1.29 is 14.6 Å². The topological polar surface area (TPSA) is 72.3 Å². The first kappa shape index (κ1) is 24.8. The number of carboxylic acid groups (broad SMARTS) is 1. The molecule has 0 fully saturated rings. The Bertz CT molecular complexity index is 774. The van der Waals surface area contributed by atoms with Crippen molar-refractivity contribution in [3.63, 3.8) is 0 Å². The van der Waals surface area contributed by atoms with Crippen molar-refractivity contribution in [2.45, 2.75) is 97.0 Å². The standard InChI is InChI=1S/C26H38N2O3/c1-4-6-8-9-10-11-12-13-21-19-27-24(28-20-21)22-14-16-23(17-15-22)31-26(3,25(29)30)18-7-5-2/h14-17,19-20H,4-13,18H2,1-3H3,(H,29,30). The van der Waals surface area contributed by atoms with Crippen molar-refractivity contribution in [1.29, 1.82) is 0 Å². The summed E-state index contributed by atoms with van der Waals surface area (Å²) in [6, 6.07) is 7.34. The van der Waals surface area contributed by atoms with E-state index in [1.54, 1.807) is 19.1 Å². The van der Waals surface area contributed by atoms with Gasteiger partial charge in [0.2, 0.25) is 5.60 Å². The minimum absolute atomic E-state index is 0.476. The summed E-state index contributed by atoms with van der Waals surface area (Å²) in [5.74, 6) is 0.270. The summed E-state index contributed by atoms with van der Waals surface area (Å²) < 4.78 is 5.82. The van der Waals surface area contributed by atoms with Crippen LogP contribution in [0.3, 0.4) is 0 Å². The van der Waals surface area contributed by atoms with Crippen LogP contribution < -0.4 is 4.74 Å². The summed E-state index contributed by atoms with van der Waals surface area (Å²) in [4.78, 5) is 20.7. The predicted octanol–water partition coefficient (Wildman–Crippen LogP) is 6.85. The molecule has 1 atom stereocenters. The average Bonchev–Trinajstić information content (AvgIpc) is 2.78. The zero-order chi connectivity index (χ0) is 22.5. The third kappa shape index (κ3) is 8.31. The number of unbranched alkanes of at least 4 members (excludes halogenated alkanes) is 7. The molecule has 0 aliphatic heterocycles. The molecule has 2 aromatic rings. The normalized spacial score (nSPS) is 13.0. The summed E-state index contributed by atoms with van der Waals surface area (Å²) in [6.07, 6.45) is 16.1. The first-order chi connectivity index (χ1) is 15.0. The monoisotopic (exact) mass is 426 g/mol. The van der Waals surface area contributed by atoms with Gasteiger partial charge in [-0.25, -0.2) is 14.8 Å². The largest absolute Gasteiger partial charge is 0.478 e. The van der Waals surface area contributed by atoms with Crippen LogP contribution in [0.5, 0.6) is 5.75 Å². The smallest absolute Gasteiger partial charge is 0.347 e. The number of benzene rings is 1. The van der Waals surface area contributed by atoms with E-state index in [4.69, 9.17) is 4.74 Å². The zero-order valence-electron chi connectivity index (χ0n) is 19.4. The number of ether oxygens (including phenoxy) is 1. The average molecular weight is 427 g/mol. The Labute approximate surface area is 187 Å². The van der Waals surface area contributed by atoms with E-state index < -0.39 is 11.6 Å². The molecule has 1 heterocycles. The molecule has 1 aromatic carbocycles. The molecule has 1 unspecified atom stereocenters. The van der Waals surface area contributed by atoms with Gasteiger partial charge < -0.3 is 9.84 Å². The molecule has 0 saturated carbocycles. The Morgan fingerprint density at radius 3 is 2.06 bits per heavy atom. The summed E-state index contributed by atoms with van der Waals surface area (Å²) in [7, 11) is 0. The molecule has 1 aromatic heterocycles. The molecule has 2 rings (SSSR count). The molecular formula is C26H38N2O3. The van der Waals surface area contributed by atoms with E-state index in [0.29, 0.717) is 18.0 Å². The highest BCUT2D eigenvalue weighted by Crippen LogP contribution is 2.26.